The van der Waals surface area contributed by atoms with Crippen LogP contribution in [0.15, 0.2) is 30.3 Å². The fourth-order valence-corrected chi connectivity index (χ4v) is 1.22. The van der Waals surface area contributed by atoms with E-state index in [0.717, 1.165) is 0 Å². The predicted molar refractivity (Wildman–Crippen MR) is 60.3 cm³/mol. The Morgan fingerprint density at radius 3 is 2.53 bits per heavy atom. The van der Waals surface area contributed by atoms with Crippen LogP contribution in [0.2, 0.25) is 0 Å². The van der Waals surface area contributed by atoms with E-state index >= 15 is 0 Å². The second kappa shape index (κ2) is 7.78. The first kappa shape index (κ1) is 13.6. The lowest BCUT2D eigenvalue weighted by Gasteiger charge is -2.10. The van der Waals surface area contributed by atoms with Crippen LogP contribution in [0.1, 0.15) is 11.7 Å². The summed E-state index contributed by atoms with van der Waals surface area (Å²) in [5, 5.41) is 18.1. The van der Waals surface area contributed by atoms with Gasteiger partial charge in [0.25, 0.3) is 0 Å². The first-order valence-electron chi connectivity index (χ1n) is 5.34. The van der Waals surface area contributed by atoms with Crippen molar-refractivity contribution in [2.45, 2.75) is 6.10 Å². The monoisotopic (exact) mass is 240 g/mol. The highest BCUT2D eigenvalue weighted by molar-refractivity contribution is 5.76. The maximum absolute atomic E-state index is 11.4. The summed E-state index contributed by atoms with van der Waals surface area (Å²) < 4.78 is 9.72. The number of carbonyl (C=O) groups excluding carboxylic acids is 1. The van der Waals surface area contributed by atoms with Crippen molar-refractivity contribution < 1.29 is 24.5 Å². The minimum Gasteiger partial charge on any atom is -0.461 e. The minimum absolute atomic E-state index is 0.0583. The summed E-state index contributed by atoms with van der Waals surface area (Å²) in [6.45, 7) is 0.399. The summed E-state index contributed by atoms with van der Waals surface area (Å²) in [6, 6.07) is 8.55. The van der Waals surface area contributed by atoms with E-state index in [0.29, 0.717) is 5.56 Å². The van der Waals surface area contributed by atoms with Crippen molar-refractivity contribution >= 4 is 5.97 Å². The maximum Gasteiger partial charge on any atom is 0.339 e. The number of aliphatic hydroxyl groups excluding tert-OH is 2. The fraction of sp³-hybridized carbons (Fsp3) is 0.417. The number of aliphatic hydroxyl groups is 2. The molecule has 1 unspecified atom stereocenters. The molecule has 0 aliphatic rings. The molecule has 1 rings (SSSR count). The van der Waals surface area contributed by atoms with Crippen LogP contribution in [0, 0.1) is 0 Å². The van der Waals surface area contributed by atoms with Crippen molar-refractivity contribution in [3.8, 4) is 0 Å². The van der Waals surface area contributed by atoms with E-state index < -0.39 is 12.1 Å². The minimum atomic E-state index is -1.27. The number of rotatable bonds is 7. The lowest BCUT2D eigenvalue weighted by Crippen LogP contribution is -2.18. The molecule has 0 aliphatic heterocycles. The van der Waals surface area contributed by atoms with Gasteiger partial charge < -0.3 is 19.7 Å². The Labute approximate surface area is 99.6 Å². The number of esters is 1. The molecule has 0 bridgehead atoms. The molecule has 1 aromatic carbocycles. The highest BCUT2D eigenvalue weighted by atomic mass is 16.6. The Morgan fingerprint density at radius 2 is 1.88 bits per heavy atom. The largest absolute Gasteiger partial charge is 0.461 e. The lowest BCUT2D eigenvalue weighted by atomic mass is 10.1. The van der Waals surface area contributed by atoms with Crippen LogP contribution < -0.4 is 0 Å². The second-order valence-electron chi connectivity index (χ2n) is 3.32. The lowest BCUT2D eigenvalue weighted by molar-refractivity contribution is -0.155. The second-order valence-corrected chi connectivity index (χ2v) is 3.32. The van der Waals surface area contributed by atoms with Gasteiger partial charge in [0.15, 0.2) is 6.10 Å². The molecule has 0 heterocycles. The van der Waals surface area contributed by atoms with Crippen molar-refractivity contribution in [3.05, 3.63) is 35.9 Å². The van der Waals surface area contributed by atoms with Crippen molar-refractivity contribution in [3.63, 3.8) is 0 Å². The molecule has 0 saturated heterocycles. The van der Waals surface area contributed by atoms with Gasteiger partial charge in [-0.3, -0.25) is 0 Å². The SMILES string of the molecule is O=C(OCCOCCO)C(O)c1ccccc1. The Kier molecular flexibility index (Phi) is 6.24. The predicted octanol–water partition coefficient (Wildman–Crippen LogP) is 0.272. The summed E-state index contributed by atoms with van der Waals surface area (Å²) >= 11 is 0. The van der Waals surface area contributed by atoms with Gasteiger partial charge in [0.2, 0.25) is 0 Å². The van der Waals surface area contributed by atoms with Crippen molar-refractivity contribution in [1.29, 1.82) is 0 Å². The average Bonchev–Trinajstić information content (AvgIpc) is 2.38. The zero-order valence-corrected chi connectivity index (χ0v) is 9.41. The molecule has 1 atom stereocenters. The maximum atomic E-state index is 11.4. The Bertz CT molecular complexity index is 325. The summed E-state index contributed by atoms with van der Waals surface area (Å²) in [6.07, 6.45) is -1.27. The van der Waals surface area contributed by atoms with Crippen molar-refractivity contribution in [1.82, 2.24) is 0 Å². The molecule has 5 heteroatoms. The van der Waals surface area contributed by atoms with Crippen molar-refractivity contribution in [2.24, 2.45) is 0 Å². The third kappa shape index (κ3) is 4.95. The van der Waals surface area contributed by atoms with E-state index in [2.05, 4.69) is 0 Å². The van der Waals surface area contributed by atoms with Gasteiger partial charge >= 0.3 is 5.97 Å². The van der Waals surface area contributed by atoms with Crippen molar-refractivity contribution in [2.75, 3.05) is 26.4 Å². The van der Waals surface area contributed by atoms with Crippen LogP contribution in [-0.2, 0) is 14.3 Å². The van der Waals surface area contributed by atoms with Gasteiger partial charge in [0, 0.05) is 0 Å². The zero-order valence-electron chi connectivity index (χ0n) is 9.41. The molecule has 0 amide bonds. The first-order chi connectivity index (χ1) is 8.25. The summed E-state index contributed by atoms with van der Waals surface area (Å²) in [5.41, 5.74) is 0.494. The molecule has 0 aromatic heterocycles. The quantitative estimate of drug-likeness (QED) is 0.528. The molecule has 5 nitrogen and oxygen atoms in total. The number of ether oxygens (including phenoxy) is 2. The molecular weight excluding hydrogens is 224 g/mol. The van der Waals surface area contributed by atoms with E-state index in [-0.39, 0.29) is 26.4 Å². The topological polar surface area (TPSA) is 76.0 Å². The van der Waals surface area contributed by atoms with Gasteiger partial charge in [0.1, 0.15) is 6.61 Å². The smallest absolute Gasteiger partial charge is 0.339 e. The molecule has 0 radical (unpaired) electrons. The molecule has 94 valence electrons. The van der Waals surface area contributed by atoms with Gasteiger partial charge in [-0.2, -0.15) is 0 Å². The van der Waals surface area contributed by atoms with E-state index in [1.807, 2.05) is 0 Å². The highest BCUT2D eigenvalue weighted by Crippen LogP contribution is 2.13. The Hall–Kier alpha value is -1.43. The van der Waals surface area contributed by atoms with Gasteiger partial charge in [0.05, 0.1) is 19.8 Å². The van der Waals surface area contributed by atoms with Crippen LogP contribution in [0.4, 0.5) is 0 Å². The van der Waals surface area contributed by atoms with Crippen LogP contribution in [0.25, 0.3) is 0 Å². The van der Waals surface area contributed by atoms with Crippen LogP contribution >= 0.6 is 0 Å². The van der Waals surface area contributed by atoms with E-state index in [1.165, 1.54) is 0 Å². The summed E-state index contributed by atoms with van der Waals surface area (Å²) in [4.78, 5) is 11.4. The number of benzene rings is 1. The molecule has 0 saturated carbocycles. The molecular formula is C12H16O5. The molecule has 0 fully saturated rings. The molecule has 1 aromatic rings. The average molecular weight is 240 g/mol. The summed E-state index contributed by atoms with van der Waals surface area (Å²) in [7, 11) is 0. The molecule has 17 heavy (non-hydrogen) atoms. The van der Waals surface area contributed by atoms with Crippen LogP contribution in [0.5, 0.6) is 0 Å². The van der Waals surface area contributed by atoms with E-state index in [9.17, 15) is 9.90 Å². The first-order valence-corrected chi connectivity index (χ1v) is 5.34. The standard InChI is InChI=1S/C12H16O5/c13-6-7-16-8-9-17-12(15)11(14)10-4-2-1-3-5-10/h1-5,11,13-14H,6-9H2. The van der Waals surface area contributed by atoms with Gasteiger partial charge in [-0.1, -0.05) is 30.3 Å². The van der Waals surface area contributed by atoms with Crippen LogP contribution in [0.3, 0.4) is 0 Å². The summed E-state index contributed by atoms with van der Waals surface area (Å²) in [5.74, 6) is -0.705. The molecule has 2 N–H and O–H groups in total. The van der Waals surface area contributed by atoms with Gasteiger partial charge in [-0.05, 0) is 5.56 Å². The zero-order chi connectivity index (χ0) is 12.5. The molecule has 0 spiro atoms. The Balaban J connectivity index is 2.28. The normalized spacial score (nSPS) is 12.1. The van der Waals surface area contributed by atoms with Gasteiger partial charge in [-0.15, -0.1) is 0 Å². The number of hydrogen-bond donors (Lipinski definition) is 2. The number of hydrogen-bond acceptors (Lipinski definition) is 5. The fourth-order valence-electron chi connectivity index (χ4n) is 1.22. The molecule has 0 aliphatic carbocycles. The van der Waals surface area contributed by atoms with Crippen LogP contribution in [-0.4, -0.2) is 42.6 Å². The highest BCUT2D eigenvalue weighted by Gasteiger charge is 2.18. The van der Waals surface area contributed by atoms with E-state index in [4.69, 9.17) is 14.6 Å². The third-order valence-electron chi connectivity index (χ3n) is 2.05. The Morgan fingerprint density at radius 1 is 1.18 bits per heavy atom. The third-order valence-corrected chi connectivity index (χ3v) is 2.05. The number of carbonyl (C=O) groups is 1. The van der Waals surface area contributed by atoms with Gasteiger partial charge in [-0.25, -0.2) is 4.79 Å². The van der Waals surface area contributed by atoms with E-state index in [1.54, 1.807) is 30.3 Å².